The molecule has 0 rings (SSSR count). The fraction of sp³-hybridized carbons (Fsp3) is 0.712. The van der Waals surface area contributed by atoms with Crippen LogP contribution >= 0.6 is 0 Å². The number of carboxylic acids is 1. The summed E-state index contributed by atoms with van der Waals surface area (Å²) in [5, 5.41) is 11.7. The van der Waals surface area contributed by atoms with Crippen molar-refractivity contribution in [2.24, 2.45) is 0 Å². The summed E-state index contributed by atoms with van der Waals surface area (Å²) in [5.41, 5.74) is 0. The third-order valence-corrected chi connectivity index (χ3v) is 9.95. The molecule has 9 nitrogen and oxygen atoms in total. The molecule has 0 aromatic carbocycles. The van der Waals surface area contributed by atoms with Crippen molar-refractivity contribution < 1.29 is 42.9 Å². The summed E-state index contributed by atoms with van der Waals surface area (Å²) in [6.07, 6.45) is 51.1. The van der Waals surface area contributed by atoms with E-state index in [0.29, 0.717) is 17.4 Å². The smallest absolute Gasteiger partial charge is 0.306 e. The highest BCUT2D eigenvalue weighted by atomic mass is 16.7. The molecule has 0 bridgehead atoms. The Morgan fingerprint density at radius 2 is 0.967 bits per heavy atom. The van der Waals surface area contributed by atoms with Crippen LogP contribution in [0.15, 0.2) is 72.9 Å². The number of ether oxygens (including phenoxy) is 4. The molecule has 0 heterocycles. The fourth-order valence-corrected chi connectivity index (χ4v) is 6.23. The molecule has 350 valence electrons. The average Bonchev–Trinajstić information content (AvgIpc) is 3.22. The molecule has 0 amide bonds. The van der Waals surface area contributed by atoms with Gasteiger partial charge in [-0.1, -0.05) is 170 Å². The number of hydrogen-bond donors (Lipinski definition) is 0. The highest BCUT2D eigenvalue weighted by molar-refractivity contribution is 5.70. The van der Waals surface area contributed by atoms with Gasteiger partial charge in [0.05, 0.1) is 40.3 Å². The molecule has 2 atom stereocenters. The SMILES string of the molecule is CC/C=C\C/C=C\C/C=C\C/C=C\CCC(=O)OC(COC(=O)CCCCCCCCCCCCC/C=C\C/C=C\CCCCCCC)COC(OCC[N+](C)(C)C)C(=O)[O-]. The molecule has 0 saturated carbocycles. The number of esters is 2. The van der Waals surface area contributed by atoms with E-state index in [4.69, 9.17) is 18.9 Å². The second-order valence-electron chi connectivity index (χ2n) is 17.0. The van der Waals surface area contributed by atoms with Gasteiger partial charge in [-0.2, -0.15) is 0 Å². The first kappa shape index (κ1) is 57.7. The van der Waals surface area contributed by atoms with E-state index < -0.39 is 24.3 Å². The number of unbranched alkanes of at least 4 members (excludes halogenated alkanes) is 16. The van der Waals surface area contributed by atoms with E-state index >= 15 is 0 Å². The van der Waals surface area contributed by atoms with Crippen LogP contribution in [0.1, 0.15) is 181 Å². The van der Waals surface area contributed by atoms with Crippen LogP contribution in [-0.4, -0.2) is 82.3 Å². The molecule has 9 heteroatoms. The van der Waals surface area contributed by atoms with E-state index in [9.17, 15) is 19.5 Å². The number of allylic oxidation sites excluding steroid dienone is 12. The zero-order chi connectivity index (χ0) is 44.9. The minimum atomic E-state index is -1.64. The predicted molar refractivity (Wildman–Crippen MR) is 251 cm³/mol. The first-order valence-electron chi connectivity index (χ1n) is 24.1. The van der Waals surface area contributed by atoms with Crippen LogP contribution in [-0.2, 0) is 33.3 Å². The van der Waals surface area contributed by atoms with Crippen LogP contribution in [0.25, 0.3) is 0 Å². The molecule has 0 radical (unpaired) electrons. The first-order chi connectivity index (χ1) is 29.6. The van der Waals surface area contributed by atoms with Crippen molar-refractivity contribution in [1.82, 2.24) is 0 Å². The number of aliphatic carboxylic acids is 1. The van der Waals surface area contributed by atoms with E-state index in [1.165, 1.54) is 96.3 Å². The van der Waals surface area contributed by atoms with Crippen molar-refractivity contribution in [2.75, 3.05) is 47.5 Å². The van der Waals surface area contributed by atoms with Crippen molar-refractivity contribution in [1.29, 1.82) is 0 Å². The zero-order valence-corrected chi connectivity index (χ0v) is 39.5. The van der Waals surface area contributed by atoms with Crippen molar-refractivity contribution in [3.8, 4) is 0 Å². The van der Waals surface area contributed by atoms with E-state index in [1.807, 2.05) is 33.3 Å². The van der Waals surface area contributed by atoms with Crippen LogP contribution in [0, 0.1) is 0 Å². The molecule has 0 aromatic rings. The molecule has 0 aliphatic heterocycles. The maximum atomic E-state index is 12.7. The summed E-state index contributed by atoms with van der Waals surface area (Å²) in [4.78, 5) is 37.0. The van der Waals surface area contributed by atoms with Crippen LogP contribution in [0.3, 0.4) is 0 Å². The van der Waals surface area contributed by atoms with Gasteiger partial charge in [0.15, 0.2) is 12.4 Å². The molecule has 0 aromatic heterocycles. The number of carboxylic acid groups (broad SMARTS) is 1. The average molecular weight is 856 g/mol. The van der Waals surface area contributed by atoms with Gasteiger partial charge < -0.3 is 33.3 Å². The van der Waals surface area contributed by atoms with Gasteiger partial charge in [-0.05, 0) is 70.6 Å². The number of carbonyl (C=O) groups excluding carboxylic acids is 3. The van der Waals surface area contributed by atoms with Gasteiger partial charge in [0.25, 0.3) is 0 Å². The second kappa shape index (κ2) is 43.4. The maximum Gasteiger partial charge on any atom is 0.306 e. The summed E-state index contributed by atoms with van der Waals surface area (Å²) in [7, 11) is 5.88. The minimum Gasteiger partial charge on any atom is -0.545 e. The topological polar surface area (TPSA) is 111 Å². The maximum absolute atomic E-state index is 12.7. The van der Waals surface area contributed by atoms with Gasteiger partial charge in [-0.25, -0.2) is 0 Å². The van der Waals surface area contributed by atoms with Crippen LogP contribution in [0.4, 0.5) is 0 Å². The summed E-state index contributed by atoms with van der Waals surface area (Å²) in [5.74, 6) is -2.40. The summed E-state index contributed by atoms with van der Waals surface area (Å²) in [6.45, 7) is 4.51. The Hall–Kier alpha value is -3.27. The number of hydrogen-bond acceptors (Lipinski definition) is 8. The summed E-state index contributed by atoms with van der Waals surface area (Å²) in [6, 6.07) is 0. The Labute approximate surface area is 373 Å². The van der Waals surface area contributed by atoms with Gasteiger partial charge >= 0.3 is 11.9 Å². The zero-order valence-electron chi connectivity index (χ0n) is 39.5. The normalized spacial score (nSPS) is 13.5. The van der Waals surface area contributed by atoms with Crippen molar-refractivity contribution in [3.63, 3.8) is 0 Å². The van der Waals surface area contributed by atoms with E-state index in [1.54, 1.807) is 0 Å². The number of nitrogens with zero attached hydrogens (tertiary/aromatic N) is 1. The second-order valence-corrected chi connectivity index (χ2v) is 17.0. The molecule has 0 saturated heterocycles. The fourth-order valence-electron chi connectivity index (χ4n) is 6.23. The minimum absolute atomic E-state index is 0.123. The van der Waals surface area contributed by atoms with Crippen molar-refractivity contribution >= 4 is 17.9 Å². The van der Waals surface area contributed by atoms with Gasteiger partial charge in [0.2, 0.25) is 0 Å². The molecule has 61 heavy (non-hydrogen) atoms. The van der Waals surface area contributed by atoms with Crippen LogP contribution in [0.2, 0.25) is 0 Å². The number of quaternary nitrogens is 1. The van der Waals surface area contributed by atoms with E-state index in [-0.39, 0.29) is 38.6 Å². The van der Waals surface area contributed by atoms with Gasteiger partial charge in [0, 0.05) is 12.8 Å². The molecular weight excluding hydrogens is 767 g/mol. The highest BCUT2D eigenvalue weighted by Crippen LogP contribution is 2.14. The third kappa shape index (κ3) is 44.6. The number of rotatable bonds is 43. The van der Waals surface area contributed by atoms with Gasteiger partial charge in [-0.3, -0.25) is 9.59 Å². The third-order valence-electron chi connectivity index (χ3n) is 9.95. The Morgan fingerprint density at radius 1 is 0.508 bits per heavy atom. The molecule has 0 aliphatic carbocycles. The Bertz CT molecular complexity index is 1230. The largest absolute Gasteiger partial charge is 0.545 e. The summed E-state index contributed by atoms with van der Waals surface area (Å²) < 4.78 is 22.5. The van der Waals surface area contributed by atoms with Crippen LogP contribution < -0.4 is 5.11 Å². The molecule has 0 fully saturated rings. The Kier molecular flexibility index (Phi) is 41.1. The monoisotopic (exact) mass is 856 g/mol. The van der Waals surface area contributed by atoms with Crippen molar-refractivity contribution in [3.05, 3.63) is 72.9 Å². The lowest BCUT2D eigenvalue weighted by molar-refractivity contribution is -0.870. The first-order valence-corrected chi connectivity index (χ1v) is 24.1. The van der Waals surface area contributed by atoms with E-state index in [0.717, 1.165) is 51.4 Å². The van der Waals surface area contributed by atoms with Crippen molar-refractivity contribution in [2.45, 2.75) is 193 Å². The number of carbonyl (C=O) groups is 3. The highest BCUT2D eigenvalue weighted by Gasteiger charge is 2.21. The Balaban J connectivity index is 4.37. The lowest BCUT2D eigenvalue weighted by Crippen LogP contribution is -2.44. The van der Waals surface area contributed by atoms with E-state index in [2.05, 4.69) is 74.6 Å². The lowest BCUT2D eigenvalue weighted by atomic mass is 10.0. The molecule has 2 unspecified atom stereocenters. The molecular formula is C52H89NO8. The summed E-state index contributed by atoms with van der Waals surface area (Å²) >= 11 is 0. The quantitative estimate of drug-likeness (QED) is 0.0196. The molecule has 0 aliphatic rings. The Morgan fingerprint density at radius 3 is 1.46 bits per heavy atom. The standard InChI is InChI=1S/C52H89NO8/c1-6-8-10-12-14-16-18-20-21-22-23-24-25-26-27-28-29-31-32-34-36-38-40-42-49(54)59-46-48(47-60-52(51(56)57)58-45-44-53(3,4)5)61-50(55)43-41-39-37-35-33-30-19-17-15-13-11-9-7-2/h9,11,15,17-18,20,22-23,30,33,37,39,48,52H,6-8,10,12-14,16,19,21,24-29,31-32,34-36,38,40-47H2,1-5H3/b11-9-,17-15-,20-18-,23-22-,33-30-,39-37-. The van der Waals surface area contributed by atoms with Gasteiger partial charge in [0.1, 0.15) is 13.2 Å². The predicted octanol–water partition coefficient (Wildman–Crippen LogP) is 11.8. The lowest BCUT2D eigenvalue weighted by Gasteiger charge is -2.26. The molecule has 0 spiro atoms. The van der Waals surface area contributed by atoms with Gasteiger partial charge in [-0.15, -0.1) is 0 Å². The van der Waals surface area contributed by atoms with Crippen LogP contribution in [0.5, 0.6) is 0 Å². The number of likely N-dealkylation sites (N-methyl/N-ethyl adjacent to an activating group) is 1. The molecule has 0 N–H and O–H groups in total.